The maximum absolute atomic E-state index is 12.1. The molecule has 0 unspecified atom stereocenters. The smallest absolute Gasteiger partial charge is 0.313 e. The van der Waals surface area contributed by atoms with Crippen molar-refractivity contribution in [1.29, 1.82) is 0 Å². The summed E-state index contributed by atoms with van der Waals surface area (Å²) in [5.41, 5.74) is -0.202. The van der Waals surface area contributed by atoms with Crippen LogP contribution in [0, 0.1) is 5.41 Å². The van der Waals surface area contributed by atoms with Crippen molar-refractivity contribution in [2.45, 2.75) is 31.7 Å². The number of rotatable bonds is 5. The molecule has 1 amide bonds. The van der Waals surface area contributed by atoms with Crippen LogP contribution in [0.4, 0.5) is 5.69 Å². The van der Waals surface area contributed by atoms with Gasteiger partial charge in [-0.2, -0.15) is 5.10 Å². The van der Waals surface area contributed by atoms with Gasteiger partial charge in [-0.05, 0) is 32.9 Å². The minimum Gasteiger partial charge on any atom is -0.442 e. The standard InChI is InChI=1S/C15H19N3O5S2/c1-15(2,3)14(20)23-9-18-8-10(7-16-18)17-13(19)11-5-6-12(24-11)25(4,21)22/h5-8H,9H2,1-4H3,(H,17,19). The van der Waals surface area contributed by atoms with E-state index in [0.717, 1.165) is 17.6 Å². The fraction of sp³-hybridized carbons (Fsp3) is 0.400. The SMILES string of the molecule is CC(C)(C)C(=O)OCn1cc(NC(=O)c2ccc(S(C)(=O)=O)s2)cn1. The van der Waals surface area contributed by atoms with Gasteiger partial charge in [-0.1, -0.05) is 0 Å². The third-order valence-electron chi connectivity index (χ3n) is 3.00. The average Bonchev–Trinajstić information content (AvgIpc) is 3.12. The Morgan fingerprint density at radius 2 is 2.00 bits per heavy atom. The highest BCUT2D eigenvalue weighted by Gasteiger charge is 2.23. The van der Waals surface area contributed by atoms with Crippen LogP contribution >= 0.6 is 11.3 Å². The lowest BCUT2D eigenvalue weighted by Gasteiger charge is -2.16. The Bertz CT molecular complexity index is 890. The molecule has 0 aliphatic rings. The molecule has 0 radical (unpaired) electrons. The molecule has 0 saturated carbocycles. The molecule has 0 atom stereocenters. The molecule has 0 spiro atoms. The van der Waals surface area contributed by atoms with E-state index in [1.165, 1.54) is 29.2 Å². The summed E-state index contributed by atoms with van der Waals surface area (Å²) in [5, 5.41) is 6.61. The number of esters is 1. The van der Waals surface area contributed by atoms with E-state index in [1.54, 1.807) is 20.8 Å². The molecule has 8 nitrogen and oxygen atoms in total. The van der Waals surface area contributed by atoms with E-state index in [1.807, 2.05) is 0 Å². The van der Waals surface area contributed by atoms with Gasteiger partial charge in [0.05, 0.1) is 28.4 Å². The Balaban J connectivity index is 1.98. The predicted molar refractivity (Wildman–Crippen MR) is 93.2 cm³/mol. The fourth-order valence-corrected chi connectivity index (χ4v) is 3.50. The van der Waals surface area contributed by atoms with Crippen LogP contribution in [0.1, 0.15) is 30.4 Å². The quantitative estimate of drug-likeness (QED) is 0.790. The summed E-state index contributed by atoms with van der Waals surface area (Å²) in [7, 11) is -3.34. The summed E-state index contributed by atoms with van der Waals surface area (Å²) < 4.78 is 29.5. The minimum absolute atomic E-state index is 0.0663. The molecule has 0 bridgehead atoms. The van der Waals surface area contributed by atoms with Gasteiger partial charge in [-0.15, -0.1) is 11.3 Å². The maximum atomic E-state index is 12.1. The van der Waals surface area contributed by atoms with Crippen LogP contribution < -0.4 is 5.32 Å². The number of carbonyl (C=O) groups excluding carboxylic acids is 2. The monoisotopic (exact) mass is 385 g/mol. The van der Waals surface area contributed by atoms with E-state index in [9.17, 15) is 18.0 Å². The number of nitrogens with zero attached hydrogens (tertiary/aromatic N) is 2. The zero-order chi connectivity index (χ0) is 18.8. The molecule has 136 valence electrons. The second kappa shape index (κ2) is 6.96. The van der Waals surface area contributed by atoms with Gasteiger partial charge >= 0.3 is 5.97 Å². The van der Waals surface area contributed by atoms with Crippen molar-refractivity contribution < 1.29 is 22.7 Å². The normalized spacial score (nSPS) is 12.0. The highest BCUT2D eigenvalue weighted by atomic mass is 32.2. The second-order valence-corrected chi connectivity index (χ2v) is 9.75. The summed E-state index contributed by atoms with van der Waals surface area (Å²) >= 11 is 0.894. The number of hydrogen-bond donors (Lipinski definition) is 1. The summed E-state index contributed by atoms with van der Waals surface area (Å²) in [4.78, 5) is 24.1. The van der Waals surface area contributed by atoms with E-state index in [0.29, 0.717) is 5.69 Å². The van der Waals surface area contributed by atoms with Crippen molar-refractivity contribution >= 4 is 38.7 Å². The van der Waals surface area contributed by atoms with Crippen molar-refractivity contribution in [2.24, 2.45) is 5.41 Å². The summed E-state index contributed by atoms with van der Waals surface area (Å²) in [6.45, 7) is 5.17. The summed E-state index contributed by atoms with van der Waals surface area (Å²) in [6, 6.07) is 2.84. The predicted octanol–water partition coefficient (Wildman–Crippen LogP) is 2.15. The molecule has 0 aliphatic carbocycles. The van der Waals surface area contributed by atoms with Gasteiger partial charge in [0.15, 0.2) is 16.6 Å². The zero-order valence-corrected chi connectivity index (χ0v) is 15.9. The van der Waals surface area contributed by atoms with Crippen LogP contribution in [0.2, 0.25) is 0 Å². The first-order chi connectivity index (χ1) is 11.5. The van der Waals surface area contributed by atoms with E-state index in [-0.39, 0.29) is 21.8 Å². The molecule has 2 heterocycles. The number of carbonyl (C=O) groups is 2. The van der Waals surface area contributed by atoms with E-state index < -0.39 is 21.2 Å². The van der Waals surface area contributed by atoms with Gasteiger partial charge in [0.1, 0.15) is 4.21 Å². The molecule has 2 aromatic rings. The second-order valence-electron chi connectivity index (χ2n) is 6.42. The molecule has 2 rings (SSSR count). The number of amides is 1. The average molecular weight is 385 g/mol. The number of ether oxygens (including phenoxy) is 1. The third kappa shape index (κ3) is 5.13. The maximum Gasteiger partial charge on any atom is 0.313 e. The molecule has 0 aromatic carbocycles. The number of hydrogen-bond acceptors (Lipinski definition) is 7. The fourth-order valence-electron chi connectivity index (χ4n) is 1.67. The number of aromatic nitrogens is 2. The molecule has 0 fully saturated rings. The lowest BCUT2D eigenvalue weighted by atomic mass is 9.98. The van der Waals surface area contributed by atoms with E-state index in [2.05, 4.69) is 10.4 Å². The Morgan fingerprint density at radius 3 is 2.56 bits per heavy atom. The molecule has 2 aromatic heterocycles. The minimum atomic E-state index is -3.34. The highest BCUT2D eigenvalue weighted by molar-refractivity contribution is 7.92. The summed E-state index contributed by atoms with van der Waals surface area (Å²) in [5.74, 6) is -0.799. The van der Waals surface area contributed by atoms with Gasteiger partial charge in [0, 0.05) is 6.26 Å². The van der Waals surface area contributed by atoms with Crippen LogP contribution in [0.3, 0.4) is 0 Å². The van der Waals surface area contributed by atoms with Crippen LogP contribution in [-0.2, 0) is 26.1 Å². The Kier molecular flexibility index (Phi) is 5.33. The van der Waals surface area contributed by atoms with E-state index >= 15 is 0 Å². The van der Waals surface area contributed by atoms with Gasteiger partial charge in [-0.3, -0.25) is 9.59 Å². The largest absolute Gasteiger partial charge is 0.442 e. The van der Waals surface area contributed by atoms with Crippen LogP contribution in [0.25, 0.3) is 0 Å². The van der Waals surface area contributed by atoms with Crippen LogP contribution in [0.15, 0.2) is 28.7 Å². The van der Waals surface area contributed by atoms with Crippen molar-refractivity contribution in [2.75, 3.05) is 11.6 Å². The molecular formula is C15H19N3O5S2. The van der Waals surface area contributed by atoms with Crippen LogP contribution in [-0.4, -0.2) is 36.3 Å². The molecule has 25 heavy (non-hydrogen) atoms. The van der Waals surface area contributed by atoms with Gasteiger partial charge in [-0.25, -0.2) is 13.1 Å². The summed E-state index contributed by atoms with van der Waals surface area (Å²) in [6.07, 6.45) is 4.01. The van der Waals surface area contributed by atoms with Gasteiger partial charge < -0.3 is 10.1 Å². The number of anilines is 1. The zero-order valence-electron chi connectivity index (χ0n) is 14.3. The van der Waals surface area contributed by atoms with Crippen molar-refractivity contribution in [3.63, 3.8) is 0 Å². The Morgan fingerprint density at radius 1 is 1.32 bits per heavy atom. The lowest BCUT2D eigenvalue weighted by Crippen LogP contribution is -2.24. The first kappa shape index (κ1) is 19.1. The lowest BCUT2D eigenvalue weighted by molar-refractivity contribution is -0.157. The Hall–Kier alpha value is -2.20. The molecular weight excluding hydrogens is 366 g/mol. The third-order valence-corrected chi connectivity index (χ3v) is 5.91. The molecule has 1 N–H and O–H groups in total. The van der Waals surface area contributed by atoms with Crippen molar-refractivity contribution in [3.05, 3.63) is 29.4 Å². The van der Waals surface area contributed by atoms with Gasteiger partial charge in [0.2, 0.25) is 0 Å². The number of sulfone groups is 1. The first-order valence-electron chi connectivity index (χ1n) is 7.28. The van der Waals surface area contributed by atoms with Crippen molar-refractivity contribution in [1.82, 2.24) is 9.78 Å². The highest BCUT2D eigenvalue weighted by Crippen LogP contribution is 2.22. The topological polar surface area (TPSA) is 107 Å². The molecule has 0 saturated heterocycles. The number of nitrogens with one attached hydrogen (secondary N) is 1. The Labute approximate surface area is 149 Å². The van der Waals surface area contributed by atoms with E-state index in [4.69, 9.17) is 4.74 Å². The van der Waals surface area contributed by atoms with Gasteiger partial charge in [0.25, 0.3) is 5.91 Å². The van der Waals surface area contributed by atoms with Crippen molar-refractivity contribution in [3.8, 4) is 0 Å². The number of thiophene rings is 1. The molecule has 10 heteroatoms. The van der Waals surface area contributed by atoms with Crippen LogP contribution in [0.5, 0.6) is 0 Å². The molecule has 0 aliphatic heterocycles. The first-order valence-corrected chi connectivity index (χ1v) is 9.98.